The van der Waals surface area contributed by atoms with E-state index in [1.807, 2.05) is 12.1 Å². The summed E-state index contributed by atoms with van der Waals surface area (Å²) < 4.78 is 0. The van der Waals surface area contributed by atoms with Crippen molar-refractivity contribution in [3.63, 3.8) is 0 Å². The molecule has 1 fully saturated rings. The van der Waals surface area contributed by atoms with E-state index in [9.17, 15) is 15.2 Å². The zero-order valence-corrected chi connectivity index (χ0v) is 10.7. The summed E-state index contributed by atoms with van der Waals surface area (Å²) in [6.07, 6.45) is 1.47. The van der Waals surface area contributed by atoms with E-state index in [-0.39, 0.29) is 11.4 Å². The predicted molar refractivity (Wildman–Crippen MR) is 71.4 cm³/mol. The largest absolute Gasteiger partial charge is 0.507 e. The Labute approximate surface area is 110 Å². The summed E-state index contributed by atoms with van der Waals surface area (Å²) in [5.41, 5.74) is 0.297. The number of hydrogen-bond acceptors (Lipinski definition) is 6. The number of rotatable bonds is 3. The Morgan fingerprint density at radius 2 is 2.05 bits per heavy atom. The molecule has 1 aliphatic rings. The van der Waals surface area contributed by atoms with Crippen LogP contribution in [0.1, 0.15) is 5.56 Å². The minimum Gasteiger partial charge on any atom is -0.507 e. The van der Waals surface area contributed by atoms with Crippen LogP contribution < -0.4 is 0 Å². The van der Waals surface area contributed by atoms with Crippen LogP contribution in [0.2, 0.25) is 0 Å². The van der Waals surface area contributed by atoms with Crippen LogP contribution in [-0.2, 0) is 0 Å². The zero-order valence-electron chi connectivity index (χ0n) is 10.7. The van der Waals surface area contributed by atoms with Gasteiger partial charge in [-0.15, -0.1) is 0 Å². The number of non-ortho nitro benzene ring substituents is 1. The highest BCUT2D eigenvalue weighted by Crippen LogP contribution is 2.21. The summed E-state index contributed by atoms with van der Waals surface area (Å²) in [5.74, 6) is -0.0107. The first kappa shape index (κ1) is 13.3. The number of piperazine rings is 1. The number of hydrogen-bond donors (Lipinski definition) is 1. The Bertz CT molecular complexity index is 496. The van der Waals surface area contributed by atoms with Crippen molar-refractivity contribution in [3.8, 4) is 5.75 Å². The van der Waals surface area contributed by atoms with Crippen molar-refractivity contribution < 1.29 is 10.0 Å². The van der Waals surface area contributed by atoms with Gasteiger partial charge in [0.15, 0.2) is 0 Å². The smallest absolute Gasteiger partial charge is 0.270 e. The fourth-order valence-electron chi connectivity index (χ4n) is 1.81. The summed E-state index contributed by atoms with van der Waals surface area (Å²) in [7, 11) is 2.05. The highest BCUT2D eigenvalue weighted by Gasteiger charge is 2.12. The first-order valence-electron chi connectivity index (χ1n) is 6.01. The molecular weight excluding hydrogens is 248 g/mol. The summed E-state index contributed by atoms with van der Waals surface area (Å²) in [5, 5.41) is 26.5. The molecule has 2 rings (SSSR count). The maximum absolute atomic E-state index is 10.7. The van der Waals surface area contributed by atoms with Crippen LogP contribution in [0.15, 0.2) is 23.3 Å². The molecule has 0 atom stereocenters. The van der Waals surface area contributed by atoms with Crippen LogP contribution in [-0.4, -0.2) is 59.4 Å². The molecule has 0 aliphatic carbocycles. The number of nitrogens with zero attached hydrogens (tertiary/aromatic N) is 4. The lowest BCUT2D eigenvalue weighted by molar-refractivity contribution is -0.384. The average molecular weight is 264 g/mol. The number of aromatic hydroxyl groups is 1. The Hall–Kier alpha value is -2.15. The molecule has 0 bridgehead atoms. The van der Waals surface area contributed by atoms with E-state index in [0.717, 1.165) is 26.2 Å². The van der Waals surface area contributed by atoms with Crippen molar-refractivity contribution in [2.45, 2.75) is 0 Å². The van der Waals surface area contributed by atoms with Crippen LogP contribution >= 0.6 is 0 Å². The Balaban J connectivity index is 2.09. The van der Waals surface area contributed by atoms with Gasteiger partial charge in [-0.25, -0.2) is 0 Å². The van der Waals surface area contributed by atoms with Crippen molar-refractivity contribution >= 4 is 11.9 Å². The molecule has 1 saturated heterocycles. The van der Waals surface area contributed by atoms with E-state index in [1.165, 1.54) is 24.4 Å². The lowest BCUT2D eigenvalue weighted by atomic mass is 10.2. The van der Waals surface area contributed by atoms with Gasteiger partial charge in [-0.2, -0.15) is 5.10 Å². The van der Waals surface area contributed by atoms with Crippen LogP contribution in [0.25, 0.3) is 0 Å². The lowest BCUT2D eigenvalue weighted by Gasteiger charge is -2.30. The van der Waals surface area contributed by atoms with Gasteiger partial charge in [0.1, 0.15) is 5.75 Å². The highest BCUT2D eigenvalue weighted by molar-refractivity contribution is 5.84. The first-order valence-corrected chi connectivity index (χ1v) is 6.01. The molecule has 0 spiro atoms. The van der Waals surface area contributed by atoms with Gasteiger partial charge < -0.3 is 10.0 Å². The van der Waals surface area contributed by atoms with Crippen molar-refractivity contribution in [2.75, 3.05) is 33.2 Å². The van der Waals surface area contributed by atoms with E-state index in [2.05, 4.69) is 10.0 Å². The number of benzene rings is 1. The highest BCUT2D eigenvalue weighted by atomic mass is 16.6. The summed E-state index contributed by atoms with van der Waals surface area (Å²) in [6.45, 7) is 3.47. The molecule has 0 amide bonds. The van der Waals surface area contributed by atoms with E-state index < -0.39 is 4.92 Å². The van der Waals surface area contributed by atoms with E-state index in [4.69, 9.17) is 0 Å². The third kappa shape index (κ3) is 3.41. The number of likely N-dealkylation sites (N-methyl/N-ethyl adjacent to an activating group) is 1. The standard InChI is InChI=1S/C12H16N4O3/c1-14-4-6-15(7-5-14)13-9-10-8-11(16(18)19)2-3-12(10)17/h2-3,8-9,17H,4-7H2,1H3/b13-9+. The Morgan fingerprint density at radius 3 is 2.68 bits per heavy atom. The SMILES string of the molecule is CN1CCN(/N=C/c2cc([N+](=O)[O-])ccc2O)CC1. The second-order valence-corrected chi connectivity index (χ2v) is 4.50. The van der Waals surface area contributed by atoms with Gasteiger partial charge in [-0.3, -0.25) is 15.1 Å². The van der Waals surface area contributed by atoms with Crippen LogP contribution in [0.3, 0.4) is 0 Å². The monoisotopic (exact) mass is 264 g/mol. The second kappa shape index (κ2) is 5.66. The second-order valence-electron chi connectivity index (χ2n) is 4.50. The fourth-order valence-corrected chi connectivity index (χ4v) is 1.81. The third-order valence-corrected chi connectivity index (χ3v) is 3.06. The van der Waals surface area contributed by atoms with E-state index in [1.54, 1.807) is 0 Å². The van der Waals surface area contributed by atoms with Crippen molar-refractivity contribution in [1.82, 2.24) is 9.91 Å². The van der Waals surface area contributed by atoms with Gasteiger partial charge in [0.05, 0.1) is 11.1 Å². The molecule has 0 unspecified atom stereocenters. The topological polar surface area (TPSA) is 82.2 Å². The lowest BCUT2D eigenvalue weighted by Crippen LogP contribution is -2.41. The normalized spacial score (nSPS) is 17.0. The molecule has 19 heavy (non-hydrogen) atoms. The summed E-state index contributed by atoms with van der Waals surface area (Å²) >= 11 is 0. The quantitative estimate of drug-likeness (QED) is 0.498. The zero-order chi connectivity index (χ0) is 13.8. The Kier molecular flexibility index (Phi) is 3.96. The predicted octanol–water partition coefficient (Wildman–Crippen LogP) is 0.882. The summed E-state index contributed by atoms with van der Waals surface area (Å²) in [6, 6.07) is 3.89. The molecule has 102 valence electrons. The summed E-state index contributed by atoms with van der Waals surface area (Å²) in [4.78, 5) is 12.4. The molecule has 0 saturated carbocycles. The number of phenols is 1. The fraction of sp³-hybridized carbons (Fsp3) is 0.417. The van der Waals surface area contributed by atoms with Gasteiger partial charge in [-0.05, 0) is 13.1 Å². The molecule has 0 aromatic heterocycles. The number of phenolic OH excluding ortho intramolecular Hbond substituents is 1. The molecule has 1 N–H and O–H groups in total. The van der Waals surface area contributed by atoms with Gasteiger partial charge in [-0.1, -0.05) is 0 Å². The third-order valence-electron chi connectivity index (χ3n) is 3.06. The maximum Gasteiger partial charge on any atom is 0.270 e. The van der Waals surface area contributed by atoms with Gasteiger partial charge in [0.25, 0.3) is 5.69 Å². The Morgan fingerprint density at radius 1 is 1.37 bits per heavy atom. The van der Waals surface area contributed by atoms with Crippen LogP contribution in [0, 0.1) is 10.1 Å². The van der Waals surface area contributed by atoms with Crippen LogP contribution in [0.5, 0.6) is 5.75 Å². The van der Waals surface area contributed by atoms with E-state index in [0.29, 0.717) is 5.56 Å². The van der Waals surface area contributed by atoms with Gasteiger partial charge in [0.2, 0.25) is 0 Å². The molecule has 1 aromatic rings. The van der Waals surface area contributed by atoms with E-state index >= 15 is 0 Å². The molecule has 1 aliphatic heterocycles. The molecule has 7 heteroatoms. The molecule has 7 nitrogen and oxygen atoms in total. The first-order chi connectivity index (χ1) is 9.06. The van der Waals surface area contributed by atoms with Crippen LogP contribution in [0.4, 0.5) is 5.69 Å². The van der Waals surface area contributed by atoms with Gasteiger partial charge >= 0.3 is 0 Å². The molecular formula is C12H16N4O3. The molecule has 1 heterocycles. The minimum absolute atomic E-state index is 0.0107. The number of nitro groups is 1. The molecule has 1 aromatic carbocycles. The number of nitro benzene ring substituents is 1. The molecule has 0 radical (unpaired) electrons. The average Bonchev–Trinajstić information content (AvgIpc) is 2.39. The number of hydrazone groups is 1. The maximum atomic E-state index is 10.7. The van der Waals surface area contributed by atoms with Crippen molar-refractivity contribution in [2.24, 2.45) is 5.10 Å². The van der Waals surface area contributed by atoms with Gasteiger partial charge in [0, 0.05) is 43.9 Å². The van der Waals surface area contributed by atoms with Crippen molar-refractivity contribution in [1.29, 1.82) is 0 Å². The minimum atomic E-state index is -0.493. The van der Waals surface area contributed by atoms with Crippen molar-refractivity contribution in [3.05, 3.63) is 33.9 Å².